The summed E-state index contributed by atoms with van der Waals surface area (Å²) in [6.07, 6.45) is 4.77. The summed E-state index contributed by atoms with van der Waals surface area (Å²) in [5, 5.41) is 0. The summed E-state index contributed by atoms with van der Waals surface area (Å²) in [5.74, 6) is 0. The van der Waals surface area contributed by atoms with Crippen LogP contribution in [0.25, 0.3) is 0 Å². The molecule has 0 saturated heterocycles. The average Bonchev–Trinajstić information content (AvgIpc) is 1.90. The van der Waals surface area contributed by atoms with E-state index in [2.05, 4.69) is 25.5 Å². The summed E-state index contributed by atoms with van der Waals surface area (Å²) < 4.78 is 0.621. The molecule has 46 valence electrons. The number of rotatable bonds is 1. The molecule has 2 N–H and O–H groups in total. The third-order valence-corrected chi connectivity index (χ3v) is 1.34. The van der Waals surface area contributed by atoms with Gasteiger partial charge in [0.25, 0.3) is 0 Å². The van der Waals surface area contributed by atoms with Gasteiger partial charge in [-0.3, -0.25) is 0 Å². The van der Waals surface area contributed by atoms with Crippen LogP contribution in [0.4, 0.5) is 0 Å². The normalized spacial score (nSPS) is 8.89. The van der Waals surface area contributed by atoms with Gasteiger partial charge < -0.3 is 0 Å². The van der Waals surface area contributed by atoms with Crippen LogP contribution in [-0.2, 0) is 0 Å². The molecule has 0 amide bonds. The first-order valence-corrected chi connectivity index (χ1v) is 3.21. The molecule has 1 heterocycles. The Balaban J connectivity index is 2.98. The summed E-state index contributed by atoms with van der Waals surface area (Å²) in [5.41, 5.74) is 6.23. The molecule has 9 heavy (non-hydrogen) atoms. The van der Waals surface area contributed by atoms with Gasteiger partial charge in [0.2, 0.25) is 0 Å². The number of nitrogens with zero attached hydrogens (tertiary/aromatic N) is 2. The van der Waals surface area contributed by atoms with Crippen LogP contribution in [0.1, 0.15) is 5.56 Å². The van der Waals surface area contributed by atoms with Crippen molar-refractivity contribution in [3.05, 3.63) is 24.3 Å². The Labute approximate surface area is 60.7 Å². The van der Waals surface area contributed by atoms with Crippen molar-refractivity contribution in [1.82, 2.24) is 9.97 Å². The van der Waals surface area contributed by atoms with Gasteiger partial charge >= 0.3 is 60.1 Å². The molecule has 0 unspecified atom stereocenters. The van der Waals surface area contributed by atoms with E-state index >= 15 is 0 Å². The van der Waals surface area contributed by atoms with Crippen LogP contribution >= 0.6 is 0 Å². The van der Waals surface area contributed by atoms with E-state index in [4.69, 9.17) is 5.73 Å². The van der Waals surface area contributed by atoms with E-state index in [-0.39, 0.29) is 0 Å². The van der Waals surface area contributed by atoms with E-state index in [0.717, 1.165) is 5.56 Å². The number of hydrogen-bond donors (Lipinski definition) is 1. The zero-order chi connectivity index (χ0) is 6.69. The SMILES string of the molecule is NC(=[Se])c1cncnc1. The zero-order valence-corrected chi connectivity index (χ0v) is 6.33. The van der Waals surface area contributed by atoms with Crippen LogP contribution in [0.2, 0.25) is 0 Å². The van der Waals surface area contributed by atoms with Gasteiger partial charge in [-0.1, -0.05) is 0 Å². The molecule has 0 aliphatic rings. The topological polar surface area (TPSA) is 51.8 Å². The fourth-order valence-corrected chi connectivity index (χ4v) is 0.647. The van der Waals surface area contributed by atoms with Crippen molar-refractivity contribution in [2.45, 2.75) is 0 Å². The van der Waals surface area contributed by atoms with Crippen LogP contribution in [0, 0.1) is 0 Å². The van der Waals surface area contributed by atoms with Crippen molar-refractivity contribution >= 4 is 20.1 Å². The van der Waals surface area contributed by atoms with Gasteiger partial charge in [0.15, 0.2) is 0 Å². The molecule has 0 bridgehead atoms. The van der Waals surface area contributed by atoms with E-state index in [1.165, 1.54) is 6.33 Å². The van der Waals surface area contributed by atoms with Crippen LogP contribution < -0.4 is 5.73 Å². The number of aromatic nitrogens is 2. The van der Waals surface area contributed by atoms with E-state index in [9.17, 15) is 0 Å². The third kappa shape index (κ3) is 1.59. The molecule has 1 aromatic heterocycles. The molecular formula is C5H5N3Se. The Morgan fingerprint density at radius 1 is 1.44 bits per heavy atom. The summed E-state index contributed by atoms with van der Waals surface area (Å²) >= 11 is 2.67. The van der Waals surface area contributed by atoms with Gasteiger partial charge in [0.05, 0.1) is 0 Å². The number of hydrogen-bond acceptors (Lipinski definition) is 3. The molecular weight excluding hydrogens is 181 g/mol. The third-order valence-electron chi connectivity index (χ3n) is 0.845. The van der Waals surface area contributed by atoms with Gasteiger partial charge in [0.1, 0.15) is 0 Å². The molecule has 0 aliphatic carbocycles. The van der Waals surface area contributed by atoms with Crippen LogP contribution in [0.3, 0.4) is 0 Å². The predicted molar refractivity (Wildman–Crippen MR) is 36.1 cm³/mol. The standard InChI is InChI=1S/C5H5N3Se/c6-5(9)4-1-7-3-8-2-4/h1-3H,(H2,6,9). The van der Waals surface area contributed by atoms with Crippen molar-refractivity contribution in [2.24, 2.45) is 5.73 Å². The maximum atomic E-state index is 5.39. The van der Waals surface area contributed by atoms with Crippen LogP contribution in [-0.4, -0.2) is 30.1 Å². The van der Waals surface area contributed by atoms with Gasteiger partial charge in [0, 0.05) is 0 Å². The maximum absolute atomic E-state index is 5.39. The monoisotopic (exact) mass is 187 g/mol. The summed E-state index contributed by atoms with van der Waals surface area (Å²) in [6, 6.07) is 0. The van der Waals surface area contributed by atoms with Gasteiger partial charge in [-0.15, -0.1) is 0 Å². The zero-order valence-electron chi connectivity index (χ0n) is 4.61. The molecule has 3 nitrogen and oxygen atoms in total. The second-order valence-corrected chi connectivity index (χ2v) is 2.41. The fraction of sp³-hybridized carbons (Fsp3) is 0. The Morgan fingerprint density at radius 2 is 2.00 bits per heavy atom. The molecule has 0 atom stereocenters. The Morgan fingerprint density at radius 3 is 2.33 bits per heavy atom. The summed E-state index contributed by atoms with van der Waals surface area (Å²) in [6.45, 7) is 0. The molecule has 0 aliphatic heterocycles. The van der Waals surface area contributed by atoms with Crippen LogP contribution in [0.5, 0.6) is 0 Å². The van der Waals surface area contributed by atoms with E-state index in [1.54, 1.807) is 12.4 Å². The first-order valence-electron chi connectivity index (χ1n) is 2.35. The van der Waals surface area contributed by atoms with E-state index < -0.39 is 0 Å². The first kappa shape index (κ1) is 6.39. The second kappa shape index (κ2) is 2.71. The van der Waals surface area contributed by atoms with Crippen molar-refractivity contribution in [1.29, 1.82) is 0 Å². The summed E-state index contributed by atoms with van der Waals surface area (Å²) in [7, 11) is 0. The molecule has 0 saturated carbocycles. The van der Waals surface area contributed by atoms with Gasteiger partial charge in [-0.25, -0.2) is 0 Å². The Hall–Kier alpha value is -0.731. The molecule has 4 heteroatoms. The number of nitrogens with two attached hydrogens (primary N) is 1. The minimum absolute atomic E-state index is 0.621. The van der Waals surface area contributed by atoms with Crippen molar-refractivity contribution < 1.29 is 0 Å². The first-order chi connectivity index (χ1) is 4.30. The van der Waals surface area contributed by atoms with Crippen molar-refractivity contribution in [3.63, 3.8) is 0 Å². The van der Waals surface area contributed by atoms with Gasteiger partial charge in [-0.2, -0.15) is 0 Å². The Bertz CT molecular complexity index is 209. The minimum atomic E-state index is 0.621. The quantitative estimate of drug-likeness (QED) is 0.577. The van der Waals surface area contributed by atoms with E-state index in [0.29, 0.717) is 4.54 Å². The average molecular weight is 186 g/mol. The van der Waals surface area contributed by atoms with Crippen LogP contribution in [0.15, 0.2) is 18.7 Å². The molecule has 0 fully saturated rings. The molecule has 1 rings (SSSR count). The molecule has 0 spiro atoms. The van der Waals surface area contributed by atoms with Crippen molar-refractivity contribution in [2.75, 3.05) is 0 Å². The van der Waals surface area contributed by atoms with E-state index in [1.807, 2.05) is 0 Å². The predicted octanol–water partition coefficient (Wildman–Crippen LogP) is -0.918. The molecule has 0 aromatic carbocycles. The van der Waals surface area contributed by atoms with Crippen molar-refractivity contribution in [3.8, 4) is 0 Å². The van der Waals surface area contributed by atoms with Gasteiger partial charge in [-0.05, 0) is 0 Å². The molecule has 1 aromatic rings. The molecule has 0 radical (unpaired) electrons. The Kier molecular flexibility index (Phi) is 1.92. The second-order valence-electron chi connectivity index (χ2n) is 1.49. The fourth-order valence-electron chi connectivity index (χ4n) is 0.426. The summed E-state index contributed by atoms with van der Waals surface area (Å²) in [4.78, 5) is 7.55.